The van der Waals surface area contributed by atoms with Gasteiger partial charge in [0.25, 0.3) is 0 Å². The molecule has 3 nitrogen and oxygen atoms in total. The molecule has 0 atom stereocenters. The van der Waals surface area contributed by atoms with Crippen LogP contribution in [0.5, 0.6) is 0 Å². The summed E-state index contributed by atoms with van der Waals surface area (Å²) in [6.07, 6.45) is 0.963. The molecule has 0 bridgehead atoms. The van der Waals surface area contributed by atoms with Crippen LogP contribution in [0, 0.1) is 13.8 Å². The number of nitrogens with zero attached hydrogens (tertiary/aromatic N) is 2. The summed E-state index contributed by atoms with van der Waals surface area (Å²) in [5.74, 6) is 0. The van der Waals surface area contributed by atoms with Gasteiger partial charge in [0.15, 0.2) is 0 Å². The summed E-state index contributed by atoms with van der Waals surface area (Å²) in [6.45, 7) is 6.11. The number of aryl methyl sites for hydroxylation is 2. The van der Waals surface area contributed by atoms with Crippen LogP contribution in [0.3, 0.4) is 0 Å². The number of aromatic nitrogens is 1. The monoisotopic (exact) mass is 285 g/mol. The van der Waals surface area contributed by atoms with Crippen LogP contribution in [0.15, 0.2) is 12.1 Å². The van der Waals surface area contributed by atoms with Crippen LogP contribution in [0.1, 0.15) is 27.9 Å². The van der Waals surface area contributed by atoms with Crippen molar-refractivity contribution in [3.8, 4) is 0 Å². The molecule has 104 valence electrons. The third-order valence-electron chi connectivity index (χ3n) is 4.02. The molecule has 2 aromatic rings. The minimum Gasteiger partial charge on any atom is -0.389 e. The number of rotatable bonds is 1. The number of hydrogen-bond acceptors (Lipinski definition) is 3. The molecule has 2 heterocycles. The standard InChI is InChI=1S/C16H19N3S/c1-9-6-10(2)15-11(7-9)14(16(17)20)12-8-19(3)5-4-13(12)18-15/h6-7H,4-5,8H2,1-3H3,(H2,17,20). The van der Waals surface area contributed by atoms with Crippen LogP contribution < -0.4 is 5.73 Å². The molecule has 1 aliphatic heterocycles. The number of hydrogen-bond donors (Lipinski definition) is 1. The molecular weight excluding hydrogens is 266 g/mol. The van der Waals surface area contributed by atoms with Gasteiger partial charge < -0.3 is 10.6 Å². The normalized spacial score (nSPS) is 15.3. The van der Waals surface area contributed by atoms with Crippen LogP contribution in [0.4, 0.5) is 0 Å². The number of pyridine rings is 1. The van der Waals surface area contributed by atoms with Gasteiger partial charge in [0, 0.05) is 36.2 Å². The first-order chi connectivity index (χ1) is 9.47. The average molecular weight is 285 g/mol. The molecule has 1 aromatic heterocycles. The van der Waals surface area contributed by atoms with E-state index in [2.05, 4.69) is 37.9 Å². The lowest BCUT2D eigenvalue weighted by atomic mass is 9.94. The molecule has 2 N–H and O–H groups in total. The topological polar surface area (TPSA) is 42.1 Å². The minimum absolute atomic E-state index is 0.481. The van der Waals surface area contributed by atoms with Crippen molar-refractivity contribution in [1.82, 2.24) is 9.88 Å². The molecule has 4 heteroatoms. The molecule has 1 aromatic carbocycles. The molecule has 0 amide bonds. The molecule has 0 saturated heterocycles. The Labute approximate surface area is 124 Å². The van der Waals surface area contributed by atoms with Crippen LogP contribution >= 0.6 is 12.2 Å². The highest BCUT2D eigenvalue weighted by Crippen LogP contribution is 2.30. The van der Waals surface area contributed by atoms with E-state index in [-0.39, 0.29) is 0 Å². The van der Waals surface area contributed by atoms with Crippen LogP contribution in [-0.2, 0) is 13.0 Å². The second-order valence-corrected chi connectivity index (χ2v) is 6.18. The predicted octanol–water partition coefficient (Wildman–Crippen LogP) is 2.47. The Kier molecular flexibility index (Phi) is 3.22. The Hall–Kier alpha value is -1.52. The molecule has 0 aliphatic carbocycles. The first-order valence-corrected chi connectivity index (χ1v) is 7.29. The van der Waals surface area contributed by atoms with Crippen molar-refractivity contribution in [2.75, 3.05) is 13.6 Å². The molecular formula is C16H19N3S. The first-order valence-electron chi connectivity index (χ1n) is 6.88. The fourth-order valence-electron chi connectivity index (χ4n) is 3.11. The van der Waals surface area contributed by atoms with Gasteiger partial charge in [-0.1, -0.05) is 23.8 Å². The van der Waals surface area contributed by atoms with Gasteiger partial charge in [-0.2, -0.15) is 0 Å². The Morgan fingerprint density at radius 3 is 2.80 bits per heavy atom. The van der Waals surface area contributed by atoms with Crippen molar-refractivity contribution in [3.63, 3.8) is 0 Å². The molecule has 1 aliphatic rings. The first kappa shape index (κ1) is 13.5. The zero-order valence-electron chi connectivity index (χ0n) is 12.2. The molecule has 0 fully saturated rings. The van der Waals surface area contributed by atoms with Gasteiger partial charge in [-0.05, 0) is 38.1 Å². The van der Waals surface area contributed by atoms with Crippen molar-refractivity contribution in [3.05, 3.63) is 40.1 Å². The summed E-state index contributed by atoms with van der Waals surface area (Å²) in [4.78, 5) is 7.66. The van der Waals surface area contributed by atoms with Crippen LogP contribution in [-0.4, -0.2) is 28.5 Å². The summed E-state index contributed by atoms with van der Waals surface area (Å²) >= 11 is 5.33. The largest absolute Gasteiger partial charge is 0.389 e. The second kappa shape index (κ2) is 4.79. The van der Waals surface area contributed by atoms with Gasteiger partial charge in [-0.15, -0.1) is 0 Å². The second-order valence-electron chi connectivity index (χ2n) is 5.74. The van der Waals surface area contributed by atoms with E-state index in [9.17, 15) is 0 Å². The Morgan fingerprint density at radius 2 is 2.10 bits per heavy atom. The van der Waals surface area contributed by atoms with Crippen molar-refractivity contribution >= 4 is 28.1 Å². The van der Waals surface area contributed by atoms with Crippen molar-refractivity contribution in [2.45, 2.75) is 26.8 Å². The van der Waals surface area contributed by atoms with Crippen LogP contribution in [0.25, 0.3) is 10.9 Å². The highest BCUT2D eigenvalue weighted by Gasteiger charge is 2.22. The van der Waals surface area contributed by atoms with Crippen molar-refractivity contribution < 1.29 is 0 Å². The number of likely N-dealkylation sites (N-methyl/N-ethyl adjacent to an activating group) is 1. The van der Waals surface area contributed by atoms with E-state index in [1.165, 1.54) is 16.7 Å². The number of nitrogens with two attached hydrogens (primary N) is 1. The summed E-state index contributed by atoms with van der Waals surface area (Å²) in [7, 11) is 2.12. The molecule has 0 spiro atoms. The van der Waals surface area contributed by atoms with E-state index in [1.54, 1.807) is 0 Å². The zero-order valence-corrected chi connectivity index (χ0v) is 13.0. The van der Waals surface area contributed by atoms with E-state index in [0.717, 1.165) is 41.7 Å². The summed E-state index contributed by atoms with van der Waals surface area (Å²) < 4.78 is 0. The van der Waals surface area contributed by atoms with Gasteiger partial charge in [0.05, 0.1) is 5.52 Å². The molecule has 3 rings (SSSR count). The van der Waals surface area contributed by atoms with Gasteiger partial charge in [-0.3, -0.25) is 4.98 Å². The Morgan fingerprint density at radius 1 is 1.35 bits per heavy atom. The summed E-state index contributed by atoms with van der Waals surface area (Å²) in [5.41, 5.74) is 12.9. The smallest absolute Gasteiger partial charge is 0.105 e. The quantitative estimate of drug-likeness (QED) is 0.817. The van der Waals surface area contributed by atoms with E-state index in [4.69, 9.17) is 22.9 Å². The maximum atomic E-state index is 6.03. The highest BCUT2D eigenvalue weighted by atomic mass is 32.1. The maximum absolute atomic E-state index is 6.03. The van der Waals surface area contributed by atoms with Gasteiger partial charge >= 0.3 is 0 Å². The lowest BCUT2D eigenvalue weighted by Gasteiger charge is -2.27. The number of fused-ring (bicyclic) bond motifs is 2. The van der Waals surface area contributed by atoms with Gasteiger partial charge in [-0.25, -0.2) is 0 Å². The minimum atomic E-state index is 0.481. The third-order valence-corrected chi connectivity index (χ3v) is 4.22. The Balaban J connectivity index is 2.42. The molecule has 0 unspecified atom stereocenters. The fraction of sp³-hybridized carbons (Fsp3) is 0.375. The molecule has 0 saturated carbocycles. The van der Waals surface area contributed by atoms with E-state index in [0.29, 0.717) is 4.99 Å². The SMILES string of the molecule is Cc1cc(C)c2nc3c(c(C(N)=S)c2c1)CN(C)CC3. The predicted molar refractivity (Wildman–Crippen MR) is 87.1 cm³/mol. The molecule has 0 radical (unpaired) electrons. The molecule has 20 heavy (non-hydrogen) atoms. The lowest BCUT2D eigenvalue weighted by Crippen LogP contribution is -2.30. The van der Waals surface area contributed by atoms with E-state index >= 15 is 0 Å². The average Bonchev–Trinajstić information content (AvgIpc) is 2.36. The number of benzene rings is 1. The van der Waals surface area contributed by atoms with Gasteiger partial charge in [0.1, 0.15) is 4.99 Å². The van der Waals surface area contributed by atoms with E-state index < -0.39 is 0 Å². The fourth-order valence-corrected chi connectivity index (χ4v) is 3.35. The van der Waals surface area contributed by atoms with E-state index in [1.807, 2.05) is 0 Å². The van der Waals surface area contributed by atoms with Crippen LogP contribution in [0.2, 0.25) is 0 Å². The zero-order chi connectivity index (χ0) is 14.4. The highest BCUT2D eigenvalue weighted by molar-refractivity contribution is 7.80. The number of thiocarbonyl (C=S) groups is 1. The van der Waals surface area contributed by atoms with Crippen molar-refractivity contribution in [2.24, 2.45) is 5.73 Å². The maximum Gasteiger partial charge on any atom is 0.105 e. The van der Waals surface area contributed by atoms with Gasteiger partial charge in [0.2, 0.25) is 0 Å². The summed E-state index contributed by atoms with van der Waals surface area (Å²) in [5, 5.41) is 1.10. The third kappa shape index (κ3) is 2.09. The Bertz CT molecular complexity index is 721. The summed E-state index contributed by atoms with van der Waals surface area (Å²) in [6, 6.07) is 4.32. The van der Waals surface area contributed by atoms with Crippen molar-refractivity contribution in [1.29, 1.82) is 0 Å². The lowest BCUT2D eigenvalue weighted by molar-refractivity contribution is 0.310.